The predicted molar refractivity (Wildman–Crippen MR) is 82.5 cm³/mol. The Balaban J connectivity index is 0.00000220. The highest BCUT2D eigenvalue weighted by Crippen LogP contribution is 2.11. The first kappa shape index (κ1) is 17.3. The first-order chi connectivity index (χ1) is 9.60. The van der Waals surface area contributed by atoms with Gasteiger partial charge in [0.1, 0.15) is 0 Å². The molecule has 1 heterocycles. The summed E-state index contributed by atoms with van der Waals surface area (Å²) >= 11 is 0. The number of piperazine rings is 1. The first-order valence-electron chi connectivity index (χ1n) is 6.54. The highest BCUT2D eigenvalue weighted by atomic mass is 35.5. The van der Waals surface area contributed by atoms with Crippen LogP contribution in [0.2, 0.25) is 0 Å². The molecule has 1 amide bonds. The Kier molecular flexibility index (Phi) is 6.45. The molecule has 1 saturated heterocycles. The number of nitrogens with zero attached hydrogens (tertiary/aromatic N) is 2. The third kappa shape index (κ3) is 4.61. The Morgan fingerprint density at radius 2 is 1.71 bits per heavy atom. The second-order valence-electron chi connectivity index (χ2n) is 4.77. The van der Waals surface area contributed by atoms with E-state index in [4.69, 9.17) is 5.73 Å². The van der Waals surface area contributed by atoms with Crippen LogP contribution in [0.5, 0.6) is 0 Å². The van der Waals surface area contributed by atoms with Crippen molar-refractivity contribution in [2.75, 3.05) is 45.6 Å². The van der Waals surface area contributed by atoms with Crippen LogP contribution in [-0.2, 0) is 9.53 Å². The van der Waals surface area contributed by atoms with Gasteiger partial charge in [-0.2, -0.15) is 0 Å². The number of carbonyl (C=O) groups is 2. The summed E-state index contributed by atoms with van der Waals surface area (Å²) in [5, 5.41) is 0. The van der Waals surface area contributed by atoms with Crippen LogP contribution in [-0.4, -0.2) is 61.5 Å². The maximum Gasteiger partial charge on any atom is 0.319 e. The molecule has 0 bridgehead atoms. The molecule has 1 aliphatic heterocycles. The van der Waals surface area contributed by atoms with Crippen molar-refractivity contribution in [1.29, 1.82) is 0 Å². The van der Waals surface area contributed by atoms with Gasteiger partial charge in [0.15, 0.2) is 0 Å². The smallest absolute Gasteiger partial charge is 0.319 e. The van der Waals surface area contributed by atoms with Gasteiger partial charge in [-0.3, -0.25) is 14.5 Å². The van der Waals surface area contributed by atoms with Crippen molar-refractivity contribution in [3.8, 4) is 0 Å². The van der Waals surface area contributed by atoms with Crippen LogP contribution in [0.4, 0.5) is 5.69 Å². The van der Waals surface area contributed by atoms with Gasteiger partial charge in [0, 0.05) is 37.4 Å². The number of ether oxygens (including phenoxy) is 1. The number of anilines is 1. The summed E-state index contributed by atoms with van der Waals surface area (Å²) < 4.78 is 4.63. The Bertz CT molecular complexity index is 485. The van der Waals surface area contributed by atoms with Crippen molar-refractivity contribution in [3.05, 3.63) is 29.8 Å². The Morgan fingerprint density at radius 3 is 2.24 bits per heavy atom. The lowest BCUT2D eigenvalue weighted by Crippen LogP contribution is -2.50. The van der Waals surface area contributed by atoms with Crippen LogP contribution in [0.25, 0.3) is 0 Å². The Labute approximate surface area is 130 Å². The molecule has 0 unspecified atom stereocenters. The molecule has 1 fully saturated rings. The number of esters is 1. The number of benzene rings is 1. The molecule has 2 N–H and O–H groups in total. The second-order valence-corrected chi connectivity index (χ2v) is 4.77. The predicted octanol–water partition coefficient (Wildman–Crippen LogP) is 0.621. The van der Waals surface area contributed by atoms with Gasteiger partial charge >= 0.3 is 5.97 Å². The summed E-state index contributed by atoms with van der Waals surface area (Å²) in [6.45, 7) is 2.85. The van der Waals surface area contributed by atoms with E-state index >= 15 is 0 Å². The van der Waals surface area contributed by atoms with Gasteiger partial charge < -0.3 is 15.4 Å². The zero-order chi connectivity index (χ0) is 14.5. The average Bonchev–Trinajstić information content (AvgIpc) is 2.48. The average molecular weight is 314 g/mol. The number of hydrogen-bond acceptors (Lipinski definition) is 5. The molecule has 1 aromatic rings. The molecule has 0 aromatic heterocycles. The largest absolute Gasteiger partial charge is 0.468 e. The highest BCUT2D eigenvalue weighted by Gasteiger charge is 2.23. The molecular weight excluding hydrogens is 294 g/mol. The molecule has 21 heavy (non-hydrogen) atoms. The first-order valence-corrected chi connectivity index (χ1v) is 6.54. The van der Waals surface area contributed by atoms with E-state index in [1.165, 1.54) is 7.11 Å². The van der Waals surface area contributed by atoms with E-state index in [0.717, 1.165) is 0 Å². The van der Waals surface area contributed by atoms with Crippen LogP contribution < -0.4 is 5.73 Å². The molecule has 0 spiro atoms. The summed E-state index contributed by atoms with van der Waals surface area (Å²) in [4.78, 5) is 27.2. The number of methoxy groups -OCH3 is 1. The fourth-order valence-electron chi connectivity index (χ4n) is 2.16. The number of hydrogen-bond donors (Lipinski definition) is 1. The molecule has 0 radical (unpaired) electrons. The third-order valence-electron chi connectivity index (χ3n) is 3.40. The van der Waals surface area contributed by atoms with Gasteiger partial charge in [-0.25, -0.2) is 0 Å². The topological polar surface area (TPSA) is 75.9 Å². The summed E-state index contributed by atoms with van der Waals surface area (Å²) in [6.07, 6.45) is 0. The molecule has 0 saturated carbocycles. The van der Waals surface area contributed by atoms with Crippen molar-refractivity contribution >= 4 is 30.0 Å². The van der Waals surface area contributed by atoms with Crippen molar-refractivity contribution in [2.45, 2.75) is 0 Å². The number of nitrogens with two attached hydrogens (primary N) is 1. The molecule has 6 nitrogen and oxygen atoms in total. The van der Waals surface area contributed by atoms with Gasteiger partial charge in [-0.15, -0.1) is 12.4 Å². The molecule has 7 heteroatoms. The Morgan fingerprint density at radius 1 is 1.14 bits per heavy atom. The normalized spacial score (nSPS) is 15.2. The van der Waals surface area contributed by atoms with E-state index < -0.39 is 0 Å². The SMILES string of the molecule is COC(=O)CN1CCN(C(=O)c2ccc(N)cc2)CC1.Cl. The molecule has 116 valence electrons. The minimum atomic E-state index is -0.247. The number of rotatable bonds is 3. The van der Waals surface area contributed by atoms with E-state index in [1.807, 2.05) is 4.90 Å². The Hall–Kier alpha value is -1.79. The maximum absolute atomic E-state index is 12.3. The van der Waals surface area contributed by atoms with Gasteiger partial charge in [-0.1, -0.05) is 0 Å². The lowest BCUT2D eigenvalue weighted by molar-refractivity contribution is -0.142. The zero-order valence-corrected chi connectivity index (χ0v) is 12.8. The quantitative estimate of drug-likeness (QED) is 0.654. The fourth-order valence-corrected chi connectivity index (χ4v) is 2.16. The summed E-state index contributed by atoms with van der Waals surface area (Å²) in [7, 11) is 1.38. The zero-order valence-electron chi connectivity index (χ0n) is 11.9. The van der Waals surface area contributed by atoms with E-state index in [-0.39, 0.29) is 30.8 Å². The van der Waals surface area contributed by atoms with Crippen LogP contribution in [0, 0.1) is 0 Å². The highest BCUT2D eigenvalue weighted by molar-refractivity contribution is 5.94. The van der Waals surface area contributed by atoms with Crippen LogP contribution in [0.3, 0.4) is 0 Å². The lowest BCUT2D eigenvalue weighted by Gasteiger charge is -2.34. The molecule has 1 aromatic carbocycles. The van der Waals surface area contributed by atoms with Crippen LogP contribution in [0.1, 0.15) is 10.4 Å². The minimum Gasteiger partial charge on any atom is -0.468 e. The fraction of sp³-hybridized carbons (Fsp3) is 0.429. The van der Waals surface area contributed by atoms with Crippen molar-refractivity contribution in [3.63, 3.8) is 0 Å². The number of halogens is 1. The molecule has 1 aliphatic rings. The van der Waals surface area contributed by atoms with Gasteiger partial charge in [-0.05, 0) is 24.3 Å². The van der Waals surface area contributed by atoms with Crippen LogP contribution >= 0.6 is 12.4 Å². The van der Waals surface area contributed by atoms with Crippen LogP contribution in [0.15, 0.2) is 24.3 Å². The maximum atomic E-state index is 12.3. The number of carbonyl (C=O) groups excluding carboxylic acids is 2. The molecule has 0 aliphatic carbocycles. The summed E-state index contributed by atoms with van der Waals surface area (Å²) in [5.41, 5.74) is 6.89. The van der Waals surface area contributed by atoms with E-state index in [9.17, 15) is 9.59 Å². The summed E-state index contributed by atoms with van der Waals surface area (Å²) in [6, 6.07) is 6.92. The minimum absolute atomic E-state index is 0. The van der Waals surface area contributed by atoms with Crippen molar-refractivity contribution in [1.82, 2.24) is 9.80 Å². The molecule has 0 atom stereocenters. The van der Waals surface area contributed by atoms with Gasteiger partial charge in [0.05, 0.1) is 13.7 Å². The standard InChI is InChI=1S/C14H19N3O3.ClH/c1-20-13(18)10-16-6-8-17(9-7-16)14(19)11-2-4-12(15)5-3-11;/h2-5H,6-10,15H2,1H3;1H. The lowest BCUT2D eigenvalue weighted by atomic mass is 10.1. The van der Waals surface area contributed by atoms with E-state index in [0.29, 0.717) is 37.4 Å². The third-order valence-corrected chi connectivity index (χ3v) is 3.40. The molecule has 2 rings (SSSR count). The van der Waals surface area contributed by atoms with Gasteiger partial charge in [0.2, 0.25) is 0 Å². The second kappa shape index (κ2) is 7.85. The van der Waals surface area contributed by atoms with Gasteiger partial charge in [0.25, 0.3) is 5.91 Å². The van der Waals surface area contributed by atoms with E-state index in [2.05, 4.69) is 4.74 Å². The molecular formula is C14H20ClN3O3. The van der Waals surface area contributed by atoms with Crippen molar-refractivity contribution in [2.24, 2.45) is 0 Å². The monoisotopic (exact) mass is 313 g/mol. The van der Waals surface area contributed by atoms with E-state index in [1.54, 1.807) is 29.2 Å². The number of nitrogen functional groups attached to an aromatic ring is 1. The summed E-state index contributed by atoms with van der Waals surface area (Å²) in [5.74, 6) is -0.244. The number of amides is 1. The van der Waals surface area contributed by atoms with Crippen molar-refractivity contribution < 1.29 is 14.3 Å².